The second kappa shape index (κ2) is 6.07. The lowest BCUT2D eigenvalue weighted by atomic mass is 9.70. The molecule has 0 aromatic heterocycles. The summed E-state index contributed by atoms with van der Waals surface area (Å²) in [4.78, 5) is 12.6. The van der Waals surface area contributed by atoms with Crippen molar-refractivity contribution in [1.29, 1.82) is 10.5 Å². The molecule has 0 N–H and O–H groups in total. The van der Waals surface area contributed by atoms with Gasteiger partial charge >= 0.3 is 0 Å². The number of carbonyl (C=O) groups is 1. The summed E-state index contributed by atoms with van der Waals surface area (Å²) in [6.45, 7) is 0. The first kappa shape index (κ1) is 15.0. The van der Waals surface area contributed by atoms with Crippen molar-refractivity contribution in [1.82, 2.24) is 0 Å². The minimum absolute atomic E-state index is 0.00538. The van der Waals surface area contributed by atoms with Crippen molar-refractivity contribution in [2.24, 2.45) is 11.3 Å². The van der Waals surface area contributed by atoms with Gasteiger partial charge in [-0.2, -0.15) is 10.5 Å². The number of rotatable bonds is 3. The number of ketones is 1. The molecule has 23 heavy (non-hydrogen) atoms. The highest BCUT2D eigenvalue weighted by molar-refractivity contribution is 5.88. The average Bonchev–Trinajstić information content (AvgIpc) is 2.89. The van der Waals surface area contributed by atoms with E-state index in [2.05, 4.69) is 12.1 Å². The summed E-state index contributed by atoms with van der Waals surface area (Å²) in [7, 11) is 0. The first-order chi connectivity index (χ1) is 11.2. The summed E-state index contributed by atoms with van der Waals surface area (Å²) < 4.78 is 0. The maximum atomic E-state index is 12.6. The van der Waals surface area contributed by atoms with Crippen molar-refractivity contribution in [3.05, 3.63) is 71.8 Å². The highest BCUT2D eigenvalue weighted by Crippen LogP contribution is 2.51. The summed E-state index contributed by atoms with van der Waals surface area (Å²) in [5.74, 6) is -0.934. The van der Waals surface area contributed by atoms with E-state index in [9.17, 15) is 15.3 Å². The normalized spacial score (nSPS) is 22.3. The van der Waals surface area contributed by atoms with E-state index in [0.717, 1.165) is 11.1 Å². The lowest BCUT2D eigenvalue weighted by Gasteiger charge is -2.26. The molecule has 3 nitrogen and oxygen atoms in total. The van der Waals surface area contributed by atoms with Gasteiger partial charge in [0.2, 0.25) is 0 Å². The predicted molar refractivity (Wildman–Crippen MR) is 86.1 cm³/mol. The summed E-state index contributed by atoms with van der Waals surface area (Å²) in [5.41, 5.74) is 0.572. The van der Waals surface area contributed by atoms with E-state index in [0.29, 0.717) is 6.42 Å². The molecule has 0 saturated heterocycles. The fraction of sp³-hybridized carbons (Fsp3) is 0.250. The Kier molecular flexibility index (Phi) is 3.96. The van der Waals surface area contributed by atoms with Crippen LogP contribution in [-0.4, -0.2) is 5.78 Å². The Hall–Kier alpha value is -2.91. The first-order valence-electron chi connectivity index (χ1n) is 7.65. The highest BCUT2D eigenvalue weighted by atomic mass is 16.1. The van der Waals surface area contributed by atoms with E-state index in [1.54, 1.807) is 0 Å². The topological polar surface area (TPSA) is 64.7 Å². The molecule has 0 spiro atoms. The molecule has 2 aromatic rings. The van der Waals surface area contributed by atoms with E-state index in [1.165, 1.54) is 0 Å². The summed E-state index contributed by atoms with van der Waals surface area (Å²) >= 11 is 0. The highest BCUT2D eigenvalue weighted by Gasteiger charge is 2.56. The fourth-order valence-electron chi connectivity index (χ4n) is 3.53. The third-order valence-electron chi connectivity index (χ3n) is 4.75. The maximum Gasteiger partial charge on any atom is 0.160 e. The smallest absolute Gasteiger partial charge is 0.160 e. The second-order valence-corrected chi connectivity index (χ2v) is 5.97. The van der Waals surface area contributed by atoms with Gasteiger partial charge in [-0.3, -0.25) is 4.79 Å². The number of nitriles is 2. The van der Waals surface area contributed by atoms with E-state index in [-0.39, 0.29) is 18.1 Å². The molecule has 0 bridgehead atoms. The number of nitrogens with zero attached hydrogens (tertiary/aromatic N) is 2. The molecule has 1 aliphatic carbocycles. The number of benzene rings is 2. The zero-order chi connectivity index (χ0) is 16.3. The van der Waals surface area contributed by atoms with Crippen LogP contribution in [-0.2, 0) is 11.2 Å². The molecule has 3 heteroatoms. The maximum absolute atomic E-state index is 12.6. The van der Waals surface area contributed by atoms with Crippen molar-refractivity contribution < 1.29 is 4.79 Å². The van der Waals surface area contributed by atoms with Gasteiger partial charge in [0.15, 0.2) is 5.41 Å². The van der Waals surface area contributed by atoms with Crippen molar-refractivity contribution in [2.75, 3.05) is 0 Å². The molecule has 112 valence electrons. The molecule has 1 aliphatic rings. The average molecular weight is 300 g/mol. The Morgan fingerprint density at radius 1 is 0.957 bits per heavy atom. The SMILES string of the molecule is N#CC1(C#N)C(Cc2ccccc2)C(=O)CC1c1ccccc1. The van der Waals surface area contributed by atoms with Gasteiger partial charge < -0.3 is 0 Å². The van der Waals surface area contributed by atoms with Crippen LogP contribution in [0.15, 0.2) is 60.7 Å². The zero-order valence-electron chi connectivity index (χ0n) is 12.6. The van der Waals surface area contributed by atoms with Gasteiger partial charge in [-0.15, -0.1) is 0 Å². The molecule has 2 atom stereocenters. The van der Waals surface area contributed by atoms with Crippen LogP contribution < -0.4 is 0 Å². The lowest BCUT2D eigenvalue weighted by Crippen LogP contribution is -2.31. The van der Waals surface area contributed by atoms with Gasteiger partial charge in [0, 0.05) is 12.3 Å². The van der Waals surface area contributed by atoms with Crippen LogP contribution >= 0.6 is 0 Å². The minimum Gasteiger partial charge on any atom is -0.299 e. The van der Waals surface area contributed by atoms with E-state index in [4.69, 9.17) is 0 Å². The van der Waals surface area contributed by atoms with Crippen molar-refractivity contribution in [3.63, 3.8) is 0 Å². The molecule has 0 radical (unpaired) electrons. The van der Waals surface area contributed by atoms with Crippen LogP contribution in [0.3, 0.4) is 0 Å². The first-order valence-corrected chi connectivity index (χ1v) is 7.65. The fourth-order valence-corrected chi connectivity index (χ4v) is 3.53. The third kappa shape index (κ3) is 2.51. The van der Waals surface area contributed by atoms with Crippen molar-refractivity contribution in [2.45, 2.75) is 18.8 Å². The molecule has 1 saturated carbocycles. The molecule has 0 heterocycles. The summed E-state index contributed by atoms with van der Waals surface area (Å²) in [6, 6.07) is 23.4. The minimum atomic E-state index is -1.30. The van der Waals surface area contributed by atoms with Gasteiger partial charge in [0.1, 0.15) is 5.78 Å². The quantitative estimate of drug-likeness (QED) is 0.869. The van der Waals surface area contributed by atoms with Gasteiger partial charge in [0.05, 0.1) is 18.1 Å². The summed E-state index contributed by atoms with van der Waals surface area (Å²) in [5, 5.41) is 19.6. The predicted octanol–water partition coefficient (Wildman–Crippen LogP) is 3.64. The number of carbonyl (C=O) groups excluding carboxylic acids is 1. The molecule has 0 aliphatic heterocycles. The molecule has 1 fully saturated rings. The largest absolute Gasteiger partial charge is 0.299 e. The molecular formula is C20H16N2O. The molecule has 2 unspecified atom stereocenters. The van der Waals surface area contributed by atoms with E-state index < -0.39 is 11.3 Å². The molecule has 3 rings (SSSR count). The Labute approximate surface area is 135 Å². The molecular weight excluding hydrogens is 284 g/mol. The van der Waals surface area contributed by atoms with Gasteiger partial charge in [-0.1, -0.05) is 60.7 Å². The van der Waals surface area contributed by atoms with E-state index >= 15 is 0 Å². The van der Waals surface area contributed by atoms with Gasteiger partial charge in [0.25, 0.3) is 0 Å². The van der Waals surface area contributed by atoms with Gasteiger partial charge in [-0.25, -0.2) is 0 Å². The number of hydrogen-bond acceptors (Lipinski definition) is 3. The Balaban J connectivity index is 2.02. The second-order valence-electron chi connectivity index (χ2n) is 5.97. The Morgan fingerprint density at radius 3 is 2.09 bits per heavy atom. The van der Waals surface area contributed by atoms with Crippen molar-refractivity contribution in [3.8, 4) is 12.1 Å². The van der Waals surface area contributed by atoms with Crippen LogP contribution in [0.1, 0.15) is 23.5 Å². The van der Waals surface area contributed by atoms with Crippen molar-refractivity contribution >= 4 is 5.78 Å². The van der Waals surface area contributed by atoms with Gasteiger partial charge in [-0.05, 0) is 17.5 Å². The van der Waals surface area contributed by atoms with Crippen LogP contribution in [0, 0.1) is 34.0 Å². The molecule has 0 amide bonds. The zero-order valence-corrected chi connectivity index (χ0v) is 12.6. The summed E-state index contributed by atoms with van der Waals surface area (Å²) in [6.07, 6.45) is 0.687. The van der Waals surface area contributed by atoms with Crippen LogP contribution in [0.25, 0.3) is 0 Å². The Bertz CT molecular complexity index is 770. The monoisotopic (exact) mass is 300 g/mol. The van der Waals surface area contributed by atoms with Crippen LogP contribution in [0.2, 0.25) is 0 Å². The standard InChI is InChI=1S/C20H16N2O/c21-13-20(14-22)17(16-9-5-2-6-10-16)12-19(23)18(20)11-15-7-3-1-4-8-15/h1-10,17-18H,11-12H2. The van der Waals surface area contributed by atoms with Crippen LogP contribution in [0.5, 0.6) is 0 Å². The third-order valence-corrected chi connectivity index (χ3v) is 4.75. The number of Topliss-reactive ketones (excluding diaryl/α,β-unsaturated/α-hetero) is 1. The number of hydrogen-bond donors (Lipinski definition) is 0. The van der Waals surface area contributed by atoms with Crippen LogP contribution in [0.4, 0.5) is 0 Å². The molecule has 2 aromatic carbocycles. The van der Waals surface area contributed by atoms with E-state index in [1.807, 2.05) is 60.7 Å². The Morgan fingerprint density at radius 2 is 1.52 bits per heavy atom. The lowest BCUT2D eigenvalue weighted by molar-refractivity contribution is -0.121.